The number of rotatable bonds is 0. The molecule has 0 aromatic carbocycles. The second kappa shape index (κ2) is 2.73. The molecule has 0 amide bonds. The Morgan fingerprint density at radius 2 is 1.83 bits per heavy atom. The van der Waals surface area contributed by atoms with E-state index in [2.05, 4.69) is 0 Å². The summed E-state index contributed by atoms with van der Waals surface area (Å²) < 4.78 is 5.38. The molecule has 0 aromatic heterocycles. The molecule has 4 heteroatoms. The van der Waals surface area contributed by atoms with Crippen LogP contribution in [0.15, 0.2) is 0 Å². The SMILES string of the molecule is C1[SiH2]C[SiH2]O[SiH2]1. The van der Waals surface area contributed by atoms with E-state index < -0.39 is 0 Å². The first-order valence-corrected chi connectivity index (χ1v) is 7.73. The molecule has 1 saturated heterocycles. The van der Waals surface area contributed by atoms with Crippen molar-refractivity contribution < 1.29 is 4.12 Å². The Morgan fingerprint density at radius 3 is 2.00 bits per heavy atom. The van der Waals surface area contributed by atoms with Crippen molar-refractivity contribution in [3.8, 4) is 0 Å². The highest BCUT2D eigenvalue weighted by atomic mass is 28.4. The minimum Gasteiger partial charge on any atom is -0.466 e. The van der Waals surface area contributed by atoms with Crippen LogP contribution >= 0.6 is 0 Å². The highest BCUT2D eigenvalue weighted by molar-refractivity contribution is 6.67. The highest BCUT2D eigenvalue weighted by Gasteiger charge is 1.97. The van der Waals surface area contributed by atoms with Crippen LogP contribution in [0.1, 0.15) is 0 Å². The Balaban J connectivity index is 2.00. The first-order chi connectivity index (χ1) is 3.00. The fourth-order valence-corrected chi connectivity index (χ4v) is 13.0. The normalized spacial score (nSPS) is 36.0. The van der Waals surface area contributed by atoms with Crippen molar-refractivity contribution in [3.05, 3.63) is 0 Å². The smallest absolute Gasteiger partial charge is 0.142 e. The van der Waals surface area contributed by atoms with Crippen LogP contribution in [0, 0.1) is 0 Å². The molecule has 0 spiro atoms. The van der Waals surface area contributed by atoms with Crippen molar-refractivity contribution in [1.82, 2.24) is 0 Å². The lowest BCUT2D eigenvalue weighted by Crippen LogP contribution is -2.15. The van der Waals surface area contributed by atoms with E-state index in [1.807, 2.05) is 0 Å². The van der Waals surface area contributed by atoms with E-state index in [9.17, 15) is 0 Å². The minimum atomic E-state index is 0.132. The summed E-state index contributed by atoms with van der Waals surface area (Å²) in [6, 6.07) is 0. The van der Waals surface area contributed by atoms with E-state index in [0.29, 0.717) is 9.52 Å². The van der Waals surface area contributed by atoms with Gasteiger partial charge >= 0.3 is 0 Å². The van der Waals surface area contributed by atoms with Crippen molar-refractivity contribution in [2.75, 3.05) is 0 Å². The van der Waals surface area contributed by atoms with Crippen molar-refractivity contribution >= 4 is 29.0 Å². The van der Waals surface area contributed by atoms with E-state index >= 15 is 0 Å². The molecule has 1 aliphatic heterocycles. The molecule has 0 saturated carbocycles. The maximum atomic E-state index is 5.38. The van der Waals surface area contributed by atoms with Crippen LogP contribution in [0.4, 0.5) is 0 Å². The maximum Gasteiger partial charge on any atom is 0.142 e. The van der Waals surface area contributed by atoms with Crippen LogP contribution in [-0.2, 0) is 4.12 Å². The van der Waals surface area contributed by atoms with Gasteiger partial charge in [-0.25, -0.2) is 0 Å². The summed E-state index contributed by atoms with van der Waals surface area (Å²) in [6.45, 7) is 0. The van der Waals surface area contributed by atoms with Crippen LogP contribution in [0.2, 0.25) is 11.3 Å². The van der Waals surface area contributed by atoms with E-state index in [1.54, 1.807) is 11.3 Å². The molecule has 0 unspecified atom stereocenters. The van der Waals surface area contributed by atoms with Crippen molar-refractivity contribution in [2.24, 2.45) is 0 Å². The molecule has 1 aliphatic rings. The summed E-state index contributed by atoms with van der Waals surface area (Å²) in [5, 5.41) is 0. The lowest BCUT2D eigenvalue weighted by atomic mass is 11.8. The lowest BCUT2D eigenvalue weighted by molar-refractivity contribution is 0.642. The van der Waals surface area contributed by atoms with Crippen LogP contribution in [-0.4, -0.2) is 29.0 Å². The predicted molar refractivity (Wildman–Crippen MR) is 36.3 cm³/mol. The van der Waals surface area contributed by atoms with Crippen LogP contribution < -0.4 is 0 Å². The molecule has 0 aliphatic carbocycles. The molecular weight excluding hydrogens is 124 g/mol. The number of hydrogen-bond acceptors (Lipinski definition) is 1. The summed E-state index contributed by atoms with van der Waals surface area (Å²) in [5.74, 6) is 0. The van der Waals surface area contributed by atoms with Crippen LogP contribution in [0.3, 0.4) is 0 Å². The zero-order valence-electron chi connectivity index (χ0n) is 3.94. The van der Waals surface area contributed by atoms with Gasteiger partial charge in [0.2, 0.25) is 0 Å². The van der Waals surface area contributed by atoms with Gasteiger partial charge in [-0.3, -0.25) is 0 Å². The average molecular weight is 134 g/mol. The molecule has 0 radical (unpaired) electrons. The summed E-state index contributed by atoms with van der Waals surface area (Å²) in [5.41, 5.74) is 3.18. The summed E-state index contributed by atoms with van der Waals surface area (Å²) >= 11 is 0. The third kappa shape index (κ3) is 1.38. The Bertz CT molecular complexity index is 24.3. The van der Waals surface area contributed by atoms with Crippen LogP contribution in [0.25, 0.3) is 0 Å². The van der Waals surface area contributed by atoms with Crippen molar-refractivity contribution in [1.29, 1.82) is 0 Å². The number of hydrogen-bond donors (Lipinski definition) is 0. The third-order valence-electron chi connectivity index (χ3n) is 1.08. The average Bonchev–Trinajstić information content (AvgIpc) is 1.72. The van der Waals surface area contributed by atoms with E-state index in [0.717, 1.165) is 0 Å². The molecule has 0 atom stereocenters. The highest BCUT2D eigenvalue weighted by Crippen LogP contribution is 1.90. The maximum absolute atomic E-state index is 5.38. The van der Waals surface area contributed by atoms with Gasteiger partial charge in [0.05, 0.1) is 0 Å². The zero-order chi connectivity index (χ0) is 4.24. The van der Waals surface area contributed by atoms with Crippen molar-refractivity contribution in [2.45, 2.75) is 11.3 Å². The van der Waals surface area contributed by atoms with Gasteiger partial charge < -0.3 is 4.12 Å². The molecule has 0 bridgehead atoms. The van der Waals surface area contributed by atoms with E-state index in [1.165, 1.54) is 0 Å². The molecule has 1 fully saturated rings. The standard InChI is InChI=1S/C2H10OSi3/c1-4-2-6-3-5-1/h1-2,4-6H2. The fraction of sp³-hybridized carbons (Fsp3) is 1.00. The first-order valence-electron chi connectivity index (χ1n) is 2.58. The molecule has 1 rings (SSSR count). The van der Waals surface area contributed by atoms with Gasteiger partial charge in [0, 0.05) is 9.52 Å². The molecule has 0 aromatic rings. The second-order valence-electron chi connectivity index (χ2n) is 1.67. The largest absolute Gasteiger partial charge is 0.466 e. The molecule has 1 heterocycles. The van der Waals surface area contributed by atoms with Gasteiger partial charge in [-0.1, -0.05) is 11.3 Å². The van der Waals surface area contributed by atoms with Gasteiger partial charge in [-0.05, 0) is 0 Å². The molecule has 1 nitrogen and oxygen atoms in total. The molecular formula is C2H10OSi3. The predicted octanol–water partition coefficient (Wildman–Crippen LogP) is -1.90. The van der Waals surface area contributed by atoms with Gasteiger partial charge in [-0.15, -0.1) is 0 Å². The monoisotopic (exact) mass is 134 g/mol. The van der Waals surface area contributed by atoms with E-state index in [4.69, 9.17) is 4.12 Å². The quantitative estimate of drug-likeness (QED) is 0.352. The zero-order valence-corrected chi connectivity index (χ0v) is 8.19. The Kier molecular flexibility index (Phi) is 2.17. The Labute approximate surface area is 45.2 Å². The molecule has 0 N–H and O–H groups in total. The fourth-order valence-electron chi connectivity index (χ4n) is 0.687. The van der Waals surface area contributed by atoms with Gasteiger partial charge in [0.25, 0.3) is 0 Å². The van der Waals surface area contributed by atoms with Gasteiger partial charge in [0.15, 0.2) is 0 Å². The lowest BCUT2D eigenvalue weighted by Gasteiger charge is -2.06. The minimum absolute atomic E-state index is 0.132. The Morgan fingerprint density at radius 1 is 1.17 bits per heavy atom. The summed E-state index contributed by atoms with van der Waals surface area (Å²) in [4.78, 5) is 0. The van der Waals surface area contributed by atoms with Crippen LogP contribution in [0.5, 0.6) is 0 Å². The second-order valence-corrected chi connectivity index (χ2v) is 10.5. The summed E-state index contributed by atoms with van der Waals surface area (Å²) in [7, 11) is 0.771. The van der Waals surface area contributed by atoms with Crippen molar-refractivity contribution in [3.63, 3.8) is 0 Å². The van der Waals surface area contributed by atoms with Gasteiger partial charge in [-0.2, -0.15) is 0 Å². The third-order valence-corrected chi connectivity index (χ3v) is 9.70. The van der Waals surface area contributed by atoms with Gasteiger partial charge in [0.1, 0.15) is 19.5 Å². The first kappa shape index (κ1) is 4.76. The Hall–Kier alpha value is 0.611. The molecule has 6 heavy (non-hydrogen) atoms. The van der Waals surface area contributed by atoms with E-state index in [-0.39, 0.29) is 19.5 Å². The topological polar surface area (TPSA) is 9.23 Å². The summed E-state index contributed by atoms with van der Waals surface area (Å²) in [6.07, 6.45) is 0. The molecule has 36 valence electrons.